The Morgan fingerprint density at radius 1 is 1.40 bits per heavy atom. The zero-order valence-electron chi connectivity index (χ0n) is 10.3. The molecule has 0 bridgehead atoms. The molecule has 0 aliphatic carbocycles. The van der Waals surface area contributed by atoms with Crippen LogP contribution in [-0.2, 0) is 4.79 Å². The molecule has 15 heavy (non-hydrogen) atoms. The fourth-order valence-electron chi connectivity index (χ4n) is 2.00. The van der Waals surface area contributed by atoms with Crippen LogP contribution >= 0.6 is 0 Å². The Morgan fingerprint density at radius 2 is 1.87 bits per heavy atom. The van der Waals surface area contributed by atoms with Crippen LogP contribution in [0.3, 0.4) is 0 Å². The number of carbonyl (C=O) groups excluding carboxylic acids is 1. The number of amides is 1. The van der Waals surface area contributed by atoms with E-state index in [1.54, 1.807) is 13.8 Å². The number of hydrogen-bond acceptors (Lipinski definition) is 3. The summed E-state index contributed by atoms with van der Waals surface area (Å²) in [5.74, 6) is 0.0389. The molecular formula is C11H23N3O. The molecular weight excluding hydrogens is 190 g/mol. The molecule has 0 spiro atoms. The lowest BCUT2D eigenvalue weighted by molar-refractivity contribution is -0.137. The smallest absolute Gasteiger partial charge is 0.242 e. The van der Waals surface area contributed by atoms with Crippen molar-refractivity contribution in [2.75, 3.05) is 27.2 Å². The van der Waals surface area contributed by atoms with Crippen LogP contribution in [0.15, 0.2) is 0 Å². The summed E-state index contributed by atoms with van der Waals surface area (Å²) in [5.41, 5.74) is 5.06. The van der Waals surface area contributed by atoms with Crippen LogP contribution in [-0.4, -0.2) is 54.5 Å². The minimum atomic E-state index is -0.752. The number of rotatable bonds is 2. The predicted octanol–water partition coefficient (Wildman–Crippen LogP) is 0.276. The fraction of sp³-hybridized carbons (Fsp3) is 0.909. The van der Waals surface area contributed by atoms with E-state index in [4.69, 9.17) is 5.73 Å². The molecule has 88 valence electrons. The SMILES string of the molecule is CN1CCC(N(C)C(=O)C(C)(C)N)CC1. The van der Waals surface area contributed by atoms with Gasteiger partial charge in [-0.25, -0.2) is 0 Å². The number of nitrogens with zero attached hydrogens (tertiary/aromatic N) is 2. The Morgan fingerprint density at radius 3 is 2.27 bits per heavy atom. The van der Waals surface area contributed by atoms with Crippen LogP contribution in [0.4, 0.5) is 0 Å². The Hall–Kier alpha value is -0.610. The van der Waals surface area contributed by atoms with Gasteiger partial charge in [0, 0.05) is 13.1 Å². The van der Waals surface area contributed by atoms with E-state index >= 15 is 0 Å². The van der Waals surface area contributed by atoms with Gasteiger partial charge < -0.3 is 15.5 Å². The second kappa shape index (κ2) is 4.49. The molecule has 1 rings (SSSR count). The van der Waals surface area contributed by atoms with Crippen LogP contribution in [0.25, 0.3) is 0 Å². The summed E-state index contributed by atoms with van der Waals surface area (Å²) in [4.78, 5) is 16.1. The zero-order valence-corrected chi connectivity index (χ0v) is 10.3. The Labute approximate surface area is 92.4 Å². The van der Waals surface area contributed by atoms with Crippen molar-refractivity contribution >= 4 is 5.91 Å². The molecule has 0 unspecified atom stereocenters. The third-order valence-corrected chi connectivity index (χ3v) is 3.11. The van der Waals surface area contributed by atoms with Gasteiger partial charge in [-0.05, 0) is 46.8 Å². The fourth-order valence-corrected chi connectivity index (χ4v) is 2.00. The molecule has 2 N–H and O–H groups in total. The number of likely N-dealkylation sites (N-methyl/N-ethyl adjacent to an activating group) is 1. The van der Waals surface area contributed by atoms with Crippen molar-refractivity contribution < 1.29 is 4.79 Å². The molecule has 1 fully saturated rings. The van der Waals surface area contributed by atoms with Gasteiger partial charge in [-0.2, -0.15) is 0 Å². The van der Waals surface area contributed by atoms with Crippen molar-refractivity contribution in [3.8, 4) is 0 Å². The van der Waals surface area contributed by atoms with E-state index in [9.17, 15) is 4.79 Å². The van der Waals surface area contributed by atoms with E-state index in [2.05, 4.69) is 11.9 Å². The maximum absolute atomic E-state index is 11.9. The molecule has 1 saturated heterocycles. The summed E-state index contributed by atoms with van der Waals surface area (Å²) in [6.45, 7) is 5.65. The molecule has 0 aromatic carbocycles. The standard InChI is InChI=1S/C11H23N3O/c1-11(2,12)10(15)14(4)9-5-7-13(3)8-6-9/h9H,5-8,12H2,1-4H3. The van der Waals surface area contributed by atoms with Gasteiger partial charge >= 0.3 is 0 Å². The number of hydrogen-bond donors (Lipinski definition) is 1. The number of likely N-dealkylation sites (tertiary alicyclic amines) is 1. The van der Waals surface area contributed by atoms with Crippen molar-refractivity contribution in [2.45, 2.75) is 38.3 Å². The van der Waals surface area contributed by atoms with E-state index in [1.807, 2.05) is 11.9 Å². The van der Waals surface area contributed by atoms with Crippen LogP contribution < -0.4 is 5.73 Å². The number of nitrogens with two attached hydrogens (primary N) is 1. The Kier molecular flexibility index (Phi) is 3.73. The first-order valence-corrected chi connectivity index (χ1v) is 5.57. The minimum absolute atomic E-state index is 0.0389. The van der Waals surface area contributed by atoms with Gasteiger partial charge in [0.15, 0.2) is 0 Å². The molecule has 4 nitrogen and oxygen atoms in total. The predicted molar refractivity (Wildman–Crippen MR) is 61.6 cm³/mol. The molecule has 0 atom stereocenters. The monoisotopic (exact) mass is 213 g/mol. The molecule has 0 radical (unpaired) electrons. The van der Waals surface area contributed by atoms with Gasteiger partial charge in [-0.3, -0.25) is 4.79 Å². The topological polar surface area (TPSA) is 49.6 Å². The third kappa shape index (κ3) is 3.18. The van der Waals surface area contributed by atoms with Gasteiger partial charge in [-0.15, -0.1) is 0 Å². The van der Waals surface area contributed by atoms with E-state index < -0.39 is 5.54 Å². The van der Waals surface area contributed by atoms with Crippen molar-refractivity contribution in [1.82, 2.24) is 9.80 Å². The largest absolute Gasteiger partial charge is 0.341 e. The number of carbonyl (C=O) groups is 1. The first-order chi connectivity index (χ1) is 6.82. The maximum Gasteiger partial charge on any atom is 0.242 e. The molecule has 0 aromatic rings. The van der Waals surface area contributed by atoms with Crippen molar-refractivity contribution in [3.05, 3.63) is 0 Å². The highest BCUT2D eigenvalue weighted by Gasteiger charge is 2.31. The summed E-state index contributed by atoms with van der Waals surface area (Å²) in [6, 6.07) is 0.358. The lowest BCUT2D eigenvalue weighted by atomic mass is 10.00. The first-order valence-electron chi connectivity index (χ1n) is 5.57. The van der Waals surface area contributed by atoms with Crippen LogP contribution in [0, 0.1) is 0 Å². The highest BCUT2D eigenvalue weighted by Crippen LogP contribution is 2.16. The highest BCUT2D eigenvalue weighted by molar-refractivity contribution is 5.85. The molecule has 1 aliphatic rings. The van der Waals surface area contributed by atoms with Crippen molar-refractivity contribution in [2.24, 2.45) is 5.73 Å². The zero-order chi connectivity index (χ0) is 11.6. The van der Waals surface area contributed by atoms with Crippen LogP contribution in [0.5, 0.6) is 0 Å². The summed E-state index contributed by atoms with van der Waals surface area (Å²) in [6.07, 6.45) is 2.10. The third-order valence-electron chi connectivity index (χ3n) is 3.11. The van der Waals surface area contributed by atoms with Crippen LogP contribution in [0.1, 0.15) is 26.7 Å². The second-order valence-corrected chi connectivity index (χ2v) is 5.17. The molecule has 1 amide bonds. The molecule has 1 aliphatic heterocycles. The van der Waals surface area contributed by atoms with E-state index in [1.165, 1.54) is 0 Å². The summed E-state index contributed by atoms with van der Waals surface area (Å²) < 4.78 is 0. The number of piperidine rings is 1. The lowest BCUT2D eigenvalue weighted by Crippen LogP contribution is -2.54. The highest BCUT2D eigenvalue weighted by atomic mass is 16.2. The van der Waals surface area contributed by atoms with Gasteiger partial charge in [-0.1, -0.05) is 0 Å². The Bertz CT molecular complexity index is 226. The molecule has 4 heteroatoms. The average Bonchev–Trinajstić information content (AvgIpc) is 2.15. The van der Waals surface area contributed by atoms with Crippen LogP contribution in [0.2, 0.25) is 0 Å². The maximum atomic E-state index is 11.9. The van der Waals surface area contributed by atoms with E-state index in [0.717, 1.165) is 25.9 Å². The van der Waals surface area contributed by atoms with Gasteiger partial charge in [0.2, 0.25) is 5.91 Å². The molecule has 1 heterocycles. The van der Waals surface area contributed by atoms with Gasteiger partial charge in [0.25, 0.3) is 0 Å². The van der Waals surface area contributed by atoms with Gasteiger partial charge in [0.05, 0.1) is 5.54 Å². The van der Waals surface area contributed by atoms with E-state index in [0.29, 0.717) is 6.04 Å². The Balaban J connectivity index is 2.54. The lowest BCUT2D eigenvalue weighted by Gasteiger charge is -2.37. The normalized spacial score (nSPS) is 20.3. The summed E-state index contributed by atoms with van der Waals surface area (Å²) >= 11 is 0. The summed E-state index contributed by atoms with van der Waals surface area (Å²) in [7, 11) is 3.98. The molecule has 0 aromatic heterocycles. The van der Waals surface area contributed by atoms with E-state index in [-0.39, 0.29) is 5.91 Å². The summed E-state index contributed by atoms with van der Waals surface area (Å²) in [5, 5.41) is 0. The second-order valence-electron chi connectivity index (χ2n) is 5.17. The van der Waals surface area contributed by atoms with Crippen molar-refractivity contribution in [3.63, 3.8) is 0 Å². The van der Waals surface area contributed by atoms with Gasteiger partial charge in [0.1, 0.15) is 0 Å². The quantitative estimate of drug-likeness (QED) is 0.716. The minimum Gasteiger partial charge on any atom is -0.341 e. The average molecular weight is 213 g/mol. The molecule has 0 saturated carbocycles. The first kappa shape index (κ1) is 12.5. The van der Waals surface area contributed by atoms with Crippen molar-refractivity contribution in [1.29, 1.82) is 0 Å².